The number of amides is 1. The lowest BCUT2D eigenvalue weighted by Crippen LogP contribution is -2.31. The standard InChI is InChI=1S/C21H19N3O5/c1-15(23-13-18(24(27)28)9-12-20(23)25)21(26)22-17-7-10-19(11-8-17)29-14-16-5-3-2-4-6-16/h2-13,15H,14H2,1H3,(H,22,26)/t15-/m1/s1. The van der Waals surface area contributed by atoms with Crippen LogP contribution in [0.3, 0.4) is 0 Å². The fourth-order valence-corrected chi connectivity index (χ4v) is 2.65. The summed E-state index contributed by atoms with van der Waals surface area (Å²) in [4.78, 5) is 34.7. The summed E-state index contributed by atoms with van der Waals surface area (Å²) in [6, 6.07) is 17.8. The first-order valence-electron chi connectivity index (χ1n) is 8.88. The summed E-state index contributed by atoms with van der Waals surface area (Å²) >= 11 is 0. The summed E-state index contributed by atoms with van der Waals surface area (Å²) < 4.78 is 6.73. The summed E-state index contributed by atoms with van der Waals surface area (Å²) in [7, 11) is 0. The topological polar surface area (TPSA) is 103 Å². The molecule has 0 aliphatic rings. The van der Waals surface area contributed by atoms with Crippen molar-refractivity contribution in [1.82, 2.24) is 4.57 Å². The molecule has 0 bridgehead atoms. The molecule has 0 fully saturated rings. The van der Waals surface area contributed by atoms with Gasteiger partial charge in [-0.1, -0.05) is 30.3 Å². The van der Waals surface area contributed by atoms with Crippen LogP contribution in [0.5, 0.6) is 5.75 Å². The molecule has 1 heterocycles. The number of anilines is 1. The zero-order chi connectivity index (χ0) is 20.8. The molecule has 8 nitrogen and oxygen atoms in total. The molecule has 0 saturated carbocycles. The van der Waals surface area contributed by atoms with Crippen molar-refractivity contribution in [2.75, 3.05) is 5.32 Å². The molecule has 0 radical (unpaired) electrons. The van der Waals surface area contributed by atoms with E-state index in [9.17, 15) is 19.7 Å². The van der Waals surface area contributed by atoms with Crippen LogP contribution in [-0.4, -0.2) is 15.4 Å². The highest BCUT2D eigenvalue weighted by atomic mass is 16.6. The number of nitro groups is 1. The van der Waals surface area contributed by atoms with Gasteiger partial charge in [0.25, 0.3) is 11.2 Å². The first kappa shape index (κ1) is 19.8. The Hall–Kier alpha value is -3.94. The lowest BCUT2D eigenvalue weighted by molar-refractivity contribution is -0.385. The Morgan fingerprint density at radius 1 is 1.10 bits per heavy atom. The van der Waals surface area contributed by atoms with Gasteiger partial charge in [0, 0.05) is 17.8 Å². The minimum absolute atomic E-state index is 0.260. The first-order valence-corrected chi connectivity index (χ1v) is 8.88. The number of rotatable bonds is 7. The fourth-order valence-electron chi connectivity index (χ4n) is 2.65. The third-order valence-electron chi connectivity index (χ3n) is 4.30. The van der Waals surface area contributed by atoms with Gasteiger partial charge in [0.1, 0.15) is 18.4 Å². The molecule has 3 rings (SSSR count). The van der Waals surface area contributed by atoms with Crippen LogP contribution in [0.1, 0.15) is 18.5 Å². The lowest BCUT2D eigenvalue weighted by atomic mass is 10.2. The molecule has 0 unspecified atom stereocenters. The number of hydrogen-bond acceptors (Lipinski definition) is 5. The second-order valence-corrected chi connectivity index (χ2v) is 6.35. The maximum absolute atomic E-state index is 12.5. The minimum atomic E-state index is -0.920. The van der Waals surface area contributed by atoms with Crippen molar-refractivity contribution < 1.29 is 14.5 Å². The molecule has 3 aromatic rings. The Kier molecular flexibility index (Phi) is 6.03. The predicted octanol–water partition coefficient (Wildman–Crippen LogP) is 3.54. The van der Waals surface area contributed by atoms with Crippen LogP contribution >= 0.6 is 0 Å². The van der Waals surface area contributed by atoms with Gasteiger partial charge in [-0.15, -0.1) is 0 Å². The number of carbonyl (C=O) groups is 1. The first-order chi connectivity index (χ1) is 13.9. The molecule has 1 atom stereocenters. The predicted molar refractivity (Wildman–Crippen MR) is 108 cm³/mol. The van der Waals surface area contributed by atoms with Gasteiger partial charge in [-0.2, -0.15) is 0 Å². The van der Waals surface area contributed by atoms with Crippen molar-refractivity contribution in [2.24, 2.45) is 0 Å². The Morgan fingerprint density at radius 2 is 1.79 bits per heavy atom. The van der Waals surface area contributed by atoms with Gasteiger partial charge in [0.15, 0.2) is 0 Å². The molecule has 0 aliphatic carbocycles. The highest BCUT2D eigenvalue weighted by molar-refractivity contribution is 5.93. The van der Waals surface area contributed by atoms with Crippen LogP contribution in [-0.2, 0) is 11.4 Å². The molecule has 0 spiro atoms. The molecule has 2 aromatic carbocycles. The maximum atomic E-state index is 12.5. The van der Waals surface area contributed by atoms with Crippen molar-refractivity contribution in [2.45, 2.75) is 19.6 Å². The van der Waals surface area contributed by atoms with Crippen molar-refractivity contribution in [3.05, 3.63) is 99.0 Å². The van der Waals surface area contributed by atoms with Crippen LogP contribution in [0.25, 0.3) is 0 Å². The number of benzene rings is 2. The van der Waals surface area contributed by atoms with E-state index in [1.807, 2.05) is 30.3 Å². The molecule has 148 valence electrons. The summed E-state index contributed by atoms with van der Waals surface area (Å²) in [6.45, 7) is 1.93. The number of ether oxygens (including phenoxy) is 1. The van der Waals surface area contributed by atoms with Gasteiger partial charge in [0.05, 0.1) is 11.1 Å². The Balaban J connectivity index is 1.64. The zero-order valence-electron chi connectivity index (χ0n) is 15.6. The molecule has 1 aromatic heterocycles. The summed E-state index contributed by atoms with van der Waals surface area (Å²) in [5.74, 6) is 0.181. The molecule has 1 N–H and O–H groups in total. The SMILES string of the molecule is C[C@H](C(=O)Nc1ccc(OCc2ccccc2)cc1)n1cc([N+](=O)[O-])ccc1=O. The highest BCUT2D eigenvalue weighted by Crippen LogP contribution is 2.19. The highest BCUT2D eigenvalue weighted by Gasteiger charge is 2.19. The van der Waals surface area contributed by atoms with Crippen LogP contribution in [0.15, 0.2) is 77.7 Å². The fraction of sp³-hybridized carbons (Fsp3) is 0.143. The third kappa shape index (κ3) is 5.07. The maximum Gasteiger partial charge on any atom is 0.285 e. The van der Waals surface area contributed by atoms with Gasteiger partial charge in [0.2, 0.25) is 5.91 Å². The normalized spacial score (nSPS) is 11.5. The van der Waals surface area contributed by atoms with Gasteiger partial charge in [-0.05, 0) is 36.8 Å². The molecule has 8 heteroatoms. The molecule has 0 saturated heterocycles. The van der Waals surface area contributed by atoms with Gasteiger partial charge in [-0.3, -0.25) is 24.3 Å². The van der Waals surface area contributed by atoms with E-state index in [0.717, 1.165) is 28.5 Å². The lowest BCUT2D eigenvalue weighted by Gasteiger charge is -2.15. The smallest absolute Gasteiger partial charge is 0.285 e. The Bertz CT molecular complexity index is 1060. The second kappa shape index (κ2) is 8.83. The number of carbonyl (C=O) groups excluding carboxylic acids is 1. The monoisotopic (exact) mass is 393 g/mol. The third-order valence-corrected chi connectivity index (χ3v) is 4.30. The van der Waals surface area contributed by atoms with E-state index in [4.69, 9.17) is 4.74 Å². The van der Waals surface area contributed by atoms with E-state index in [2.05, 4.69) is 5.32 Å². The quantitative estimate of drug-likeness (QED) is 0.488. The molecular weight excluding hydrogens is 374 g/mol. The molecule has 29 heavy (non-hydrogen) atoms. The van der Waals surface area contributed by atoms with E-state index >= 15 is 0 Å². The molecular formula is C21H19N3O5. The average Bonchev–Trinajstić information content (AvgIpc) is 2.73. The van der Waals surface area contributed by atoms with E-state index in [-0.39, 0.29) is 5.69 Å². The zero-order valence-corrected chi connectivity index (χ0v) is 15.6. The molecule has 1 amide bonds. The summed E-state index contributed by atoms with van der Waals surface area (Å²) in [5, 5.41) is 13.6. The van der Waals surface area contributed by atoms with Crippen LogP contribution in [0.2, 0.25) is 0 Å². The van der Waals surface area contributed by atoms with Crippen LogP contribution in [0, 0.1) is 10.1 Å². The summed E-state index contributed by atoms with van der Waals surface area (Å²) in [5.41, 5.74) is 0.806. The summed E-state index contributed by atoms with van der Waals surface area (Å²) in [6.07, 6.45) is 1.06. The van der Waals surface area contributed by atoms with Crippen LogP contribution in [0.4, 0.5) is 11.4 Å². The Morgan fingerprint density at radius 3 is 2.45 bits per heavy atom. The number of aromatic nitrogens is 1. The van der Waals surface area contributed by atoms with Crippen molar-refractivity contribution in [1.29, 1.82) is 0 Å². The largest absolute Gasteiger partial charge is 0.489 e. The van der Waals surface area contributed by atoms with Gasteiger partial charge >= 0.3 is 0 Å². The van der Waals surface area contributed by atoms with E-state index < -0.39 is 22.4 Å². The van der Waals surface area contributed by atoms with Crippen molar-refractivity contribution in [3.8, 4) is 5.75 Å². The van der Waals surface area contributed by atoms with Crippen molar-refractivity contribution in [3.63, 3.8) is 0 Å². The average molecular weight is 393 g/mol. The van der Waals surface area contributed by atoms with Crippen molar-refractivity contribution >= 4 is 17.3 Å². The number of pyridine rings is 1. The van der Waals surface area contributed by atoms with Gasteiger partial charge in [-0.25, -0.2) is 0 Å². The number of nitrogens with zero attached hydrogens (tertiary/aromatic N) is 2. The molecule has 0 aliphatic heterocycles. The van der Waals surface area contributed by atoms with Crippen LogP contribution < -0.4 is 15.6 Å². The van der Waals surface area contributed by atoms with E-state index in [0.29, 0.717) is 18.0 Å². The number of hydrogen-bond donors (Lipinski definition) is 1. The van der Waals surface area contributed by atoms with Gasteiger partial charge < -0.3 is 10.1 Å². The Labute approximate surface area is 166 Å². The number of nitrogens with one attached hydrogen (secondary N) is 1. The van der Waals surface area contributed by atoms with E-state index in [1.165, 1.54) is 6.92 Å². The van der Waals surface area contributed by atoms with E-state index in [1.54, 1.807) is 24.3 Å². The second-order valence-electron chi connectivity index (χ2n) is 6.35. The minimum Gasteiger partial charge on any atom is -0.489 e.